The second-order valence-electron chi connectivity index (χ2n) is 1.99. The lowest BCUT2D eigenvalue weighted by molar-refractivity contribution is -0.139. The molecule has 2 N–H and O–H groups in total. The number of carboxylic acid groups (broad SMARTS) is 1. The van der Waals surface area contributed by atoms with E-state index in [-0.39, 0.29) is 6.04 Å². The van der Waals surface area contributed by atoms with Gasteiger partial charge in [-0.05, 0) is 19.4 Å². The molecule has 3 heteroatoms. The smallest absolute Gasteiger partial charge is 0.320 e. The van der Waals surface area contributed by atoms with Crippen molar-refractivity contribution < 1.29 is 9.90 Å². The fraction of sp³-hybridized carbons (Fsp3) is 0.800. The molecule has 1 aliphatic rings. The molecule has 0 spiro atoms. The van der Waals surface area contributed by atoms with Gasteiger partial charge in [0.25, 0.3) is 0 Å². The van der Waals surface area contributed by atoms with Crippen molar-refractivity contribution in [1.29, 1.82) is 0 Å². The zero-order valence-electron chi connectivity index (χ0n) is 4.55. The molecule has 8 heavy (non-hydrogen) atoms. The average molecular weight is 117 g/mol. The molecule has 0 radical (unpaired) electrons. The van der Waals surface area contributed by atoms with Crippen molar-refractivity contribution in [2.75, 3.05) is 6.54 Å². The lowest BCUT2D eigenvalue weighted by atomic mass is 10.6. The van der Waals surface area contributed by atoms with Gasteiger partial charge in [-0.15, -0.1) is 0 Å². The van der Waals surface area contributed by atoms with Crippen molar-refractivity contribution in [3.8, 4) is 0 Å². The van der Waals surface area contributed by atoms with E-state index in [4.69, 9.17) is 5.11 Å². The van der Waals surface area contributed by atoms with Crippen molar-refractivity contribution in [2.45, 2.75) is 18.9 Å². The SMILES string of the molecule is O=[13C](O)[C@@H]1[13CH2]CCN1. The zero-order chi connectivity index (χ0) is 5.98. The average Bonchev–Trinajstić information content (AvgIpc) is 2.12. The largest absolute Gasteiger partial charge is 0.480 e. The minimum absolute atomic E-state index is 0.269. The quantitative estimate of drug-likeness (QED) is 0.468. The molecule has 0 aromatic rings. The Balaban J connectivity index is 2.35. The van der Waals surface area contributed by atoms with Gasteiger partial charge in [0, 0.05) is 0 Å². The van der Waals surface area contributed by atoms with Gasteiger partial charge in [0.15, 0.2) is 0 Å². The number of hydrogen-bond donors (Lipinski definition) is 2. The molecular weight excluding hydrogens is 108 g/mol. The van der Waals surface area contributed by atoms with Crippen molar-refractivity contribution in [3.05, 3.63) is 0 Å². The van der Waals surface area contributed by atoms with Crippen molar-refractivity contribution >= 4 is 5.97 Å². The Kier molecular flexibility index (Phi) is 1.48. The van der Waals surface area contributed by atoms with Crippen LogP contribution in [-0.2, 0) is 4.79 Å². The topological polar surface area (TPSA) is 49.3 Å². The van der Waals surface area contributed by atoms with Crippen LogP contribution in [0.3, 0.4) is 0 Å². The summed E-state index contributed by atoms with van der Waals surface area (Å²) in [6, 6.07) is -0.269. The molecule has 46 valence electrons. The fourth-order valence-corrected chi connectivity index (χ4v) is 0.895. The third kappa shape index (κ3) is 0.980. The van der Waals surface area contributed by atoms with Crippen LogP contribution in [0.5, 0.6) is 0 Å². The van der Waals surface area contributed by atoms with Gasteiger partial charge < -0.3 is 10.4 Å². The number of aliphatic carboxylic acids is 1. The zero-order valence-corrected chi connectivity index (χ0v) is 4.55. The van der Waals surface area contributed by atoms with E-state index in [0.29, 0.717) is 0 Å². The maximum absolute atomic E-state index is 10.1. The van der Waals surface area contributed by atoms with Gasteiger partial charge in [0.1, 0.15) is 6.04 Å². The summed E-state index contributed by atoms with van der Waals surface area (Å²) in [5.74, 6) is -0.720. The van der Waals surface area contributed by atoms with E-state index in [9.17, 15) is 4.79 Å². The molecule has 1 atom stereocenters. The van der Waals surface area contributed by atoms with E-state index in [1.54, 1.807) is 0 Å². The Bertz CT molecular complexity index is 96.6. The van der Waals surface area contributed by atoms with E-state index in [0.717, 1.165) is 19.4 Å². The molecule has 3 nitrogen and oxygen atoms in total. The monoisotopic (exact) mass is 117 g/mol. The third-order valence-electron chi connectivity index (χ3n) is 1.36. The van der Waals surface area contributed by atoms with Gasteiger partial charge in [-0.2, -0.15) is 0 Å². The highest BCUT2D eigenvalue weighted by Crippen LogP contribution is 2.03. The Labute approximate surface area is 47.7 Å². The predicted molar refractivity (Wildman–Crippen MR) is 28.7 cm³/mol. The molecule has 0 aliphatic carbocycles. The molecule has 1 saturated heterocycles. The first-order valence-electron chi connectivity index (χ1n) is 2.77. The number of nitrogens with one attached hydrogen (secondary N) is 1. The summed E-state index contributed by atoms with van der Waals surface area (Å²) in [7, 11) is 0. The standard InChI is InChI=1S/C5H9NO2/c7-5(8)4-2-1-3-6-4/h4,6H,1-3H2,(H,7,8)/t4-/m0/s1/i2+1,5+1. The first kappa shape index (κ1) is 5.56. The second kappa shape index (κ2) is 2.13. The van der Waals surface area contributed by atoms with Gasteiger partial charge in [-0.1, -0.05) is 0 Å². The number of rotatable bonds is 1. The fourth-order valence-electron chi connectivity index (χ4n) is 0.895. The summed E-state index contributed by atoms with van der Waals surface area (Å²) < 4.78 is 0. The molecule has 0 saturated carbocycles. The molecule has 0 bridgehead atoms. The van der Waals surface area contributed by atoms with Gasteiger partial charge in [0.05, 0.1) is 0 Å². The van der Waals surface area contributed by atoms with Gasteiger partial charge in [-0.25, -0.2) is 0 Å². The first-order chi connectivity index (χ1) is 3.80. The predicted octanol–water partition coefficient (Wildman–Crippen LogP) is -0.177. The molecule has 1 fully saturated rings. The van der Waals surface area contributed by atoms with Crippen LogP contribution >= 0.6 is 0 Å². The molecule has 0 aromatic heterocycles. The number of hydrogen-bond acceptors (Lipinski definition) is 2. The van der Waals surface area contributed by atoms with Crippen LogP contribution in [-0.4, -0.2) is 23.7 Å². The number of carbonyl (C=O) groups is 1. The van der Waals surface area contributed by atoms with E-state index in [2.05, 4.69) is 5.32 Å². The molecule has 1 heterocycles. The maximum atomic E-state index is 10.1. The van der Waals surface area contributed by atoms with E-state index in [1.165, 1.54) is 0 Å². The summed E-state index contributed by atoms with van der Waals surface area (Å²) in [5, 5.41) is 11.2. The summed E-state index contributed by atoms with van der Waals surface area (Å²) in [5.41, 5.74) is 0. The van der Waals surface area contributed by atoms with Gasteiger partial charge >= 0.3 is 5.97 Å². The minimum Gasteiger partial charge on any atom is -0.480 e. The Hall–Kier alpha value is -0.570. The van der Waals surface area contributed by atoms with Crippen LogP contribution < -0.4 is 5.32 Å². The molecule has 0 amide bonds. The Morgan fingerprint density at radius 2 is 2.50 bits per heavy atom. The van der Waals surface area contributed by atoms with Crippen LogP contribution in [0, 0.1) is 0 Å². The highest BCUT2D eigenvalue weighted by atomic mass is 16.5. The van der Waals surface area contributed by atoms with Crippen molar-refractivity contribution in [1.82, 2.24) is 5.32 Å². The lowest BCUT2D eigenvalue weighted by Crippen LogP contribution is -2.29. The molecule has 1 aliphatic heterocycles. The first-order valence-corrected chi connectivity index (χ1v) is 2.77. The highest BCUT2D eigenvalue weighted by molar-refractivity contribution is 5.73. The molecule has 0 unspecified atom stereocenters. The summed E-state index contributed by atoms with van der Waals surface area (Å²) in [6.45, 7) is 0.858. The van der Waals surface area contributed by atoms with Crippen LogP contribution in [0.25, 0.3) is 0 Å². The normalized spacial score (nSPS) is 28.2. The van der Waals surface area contributed by atoms with Crippen LogP contribution in [0.2, 0.25) is 0 Å². The van der Waals surface area contributed by atoms with E-state index < -0.39 is 5.97 Å². The Morgan fingerprint density at radius 1 is 1.75 bits per heavy atom. The molecule has 0 aromatic carbocycles. The third-order valence-corrected chi connectivity index (χ3v) is 1.36. The molecule has 1 rings (SSSR count). The number of carboxylic acids is 1. The minimum atomic E-state index is -0.720. The van der Waals surface area contributed by atoms with Crippen LogP contribution in [0.15, 0.2) is 0 Å². The van der Waals surface area contributed by atoms with Crippen molar-refractivity contribution in [2.24, 2.45) is 0 Å². The van der Waals surface area contributed by atoms with Crippen LogP contribution in [0.1, 0.15) is 12.8 Å². The second-order valence-corrected chi connectivity index (χ2v) is 1.99. The van der Waals surface area contributed by atoms with Crippen LogP contribution in [0.4, 0.5) is 0 Å². The van der Waals surface area contributed by atoms with E-state index >= 15 is 0 Å². The Morgan fingerprint density at radius 3 is 2.75 bits per heavy atom. The highest BCUT2D eigenvalue weighted by Gasteiger charge is 2.20. The summed E-state index contributed by atoms with van der Waals surface area (Å²) in [4.78, 5) is 10.1. The van der Waals surface area contributed by atoms with Gasteiger partial charge in [-0.3, -0.25) is 4.79 Å². The lowest BCUT2D eigenvalue weighted by Gasteiger charge is -1.99. The van der Waals surface area contributed by atoms with E-state index in [1.807, 2.05) is 0 Å². The molecular formula is C5H9NO2. The summed E-state index contributed by atoms with van der Waals surface area (Å²) >= 11 is 0. The van der Waals surface area contributed by atoms with Crippen molar-refractivity contribution in [3.63, 3.8) is 0 Å². The maximum Gasteiger partial charge on any atom is 0.320 e. The van der Waals surface area contributed by atoms with Gasteiger partial charge in [0.2, 0.25) is 0 Å². The summed E-state index contributed by atoms with van der Waals surface area (Å²) in [6.07, 6.45) is 1.78.